The van der Waals surface area contributed by atoms with Crippen molar-refractivity contribution in [2.45, 2.75) is 38.1 Å². The summed E-state index contributed by atoms with van der Waals surface area (Å²) in [6.07, 6.45) is 5.32. The number of amides is 1. The molecule has 0 spiro atoms. The summed E-state index contributed by atoms with van der Waals surface area (Å²) in [5.41, 5.74) is 0.934. The van der Waals surface area contributed by atoms with Crippen molar-refractivity contribution >= 4 is 17.2 Å². The molecular formula is C19H23NO2S. The summed E-state index contributed by atoms with van der Waals surface area (Å²) >= 11 is 1.73. The third-order valence-corrected chi connectivity index (χ3v) is 5.54. The molecule has 1 aromatic heterocycles. The number of hydrogen-bond donors (Lipinski definition) is 1. The fourth-order valence-electron chi connectivity index (χ4n) is 3.43. The molecule has 1 heterocycles. The van der Waals surface area contributed by atoms with Crippen molar-refractivity contribution in [1.29, 1.82) is 0 Å². The molecule has 1 aliphatic rings. The fraction of sp³-hybridized carbons (Fsp3) is 0.421. The quantitative estimate of drug-likeness (QED) is 0.856. The lowest BCUT2D eigenvalue weighted by molar-refractivity contribution is -0.121. The lowest BCUT2D eigenvalue weighted by atomic mass is 9.96. The number of hydrogen-bond acceptors (Lipinski definition) is 3. The van der Waals surface area contributed by atoms with E-state index in [1.54, 1.807) is 18.4 Å². The first kappa shape index (κ1) is 16.1. The van der Waals surface area contributed by atoms with Crippen LogP contribution in [0.4, 0.5) is 0 Å². The van der Waals surface area contributed by atoms with E-state index >= 15 is 0 Å². The molecule has 0 bridgehead atoms. The zero-order chi connectivity index (χ0) is 16.1. The Balaban J connectivity index is 1.71. The zero-order valence-corrected chi connectivity index (χ0v) is 14.3. The average molecular weight is 329 g/mol. The van der Waals surface area contributed by atoms with Crippen LogP contribution in [0.15, 0.2) is 41.8 Å². The predicted octanol–water partition coefficient (Wildman–Crippen LogP) is 4.35. The van der Waals surface area contributed by atoms with Crippen molar-refractivity contribution in [3.8, 4) is 5.75 Å². The minimum atomic E-state index is 0.0693. The van der Waals surface area contributed by atoms with Crippen LogP contribution >= 0.6 is 11.3 Å². The second kappa shape index (κ2) is 7.64. The number of thiophene rings is 1. The summed E-state index contributed by atoms with van der Waals surface area (Å²) in [5, 5.41) is 5.36. The van der Waals surface area contributed by atoms with Gasteiger partial charge in [0.15, 0.2) is 0 Å². The molecule has 0 unspecified atom stereocenters. The molecule has 0 saturated heterocycles. The number of nitrogens with one attached hydrogen (secondary N) is 1. The smallest absolute Gasteiger partial charge is 0.225 e. The molecule has 3 rings (SSSR count). The maximum Gasteiger partial charge on any atom is 0.225 e. The van der Waals surface area contributed by atoms with Crippen LogP contribution in [0, 0.1) is 5.92 Å². The molecule has 1 aromatic carbocycles. The molecular weight excluding hydrogens is 306 g/mol. The van der Waals surface area contributed by atoms with Crippen LogP contribution < -0.4 is 10.1 Å². The van der Waals surface area contributed by atoms with Gasteiger partial charge in [-0.05, 0) is 36.3 Å². The second-order valence-electron chi connectivity index (χ2n) is 6.09. The molecule has 23 heavy (non-hydrogen) atoms. The summed E-state index contributed by atoms with van der Waals surface area (Å²) in [4.78, 5) is 13.8. The Hall–Kier alpha value is -1.81. The van der Waals surface area contributed by atoms with Gasteiger partial charge in [-0.3, -0.25) is 4.79 Å². The molecule has 122 valence electrons. The van der Waals surface area contributed by atoms with Gasteiger partial charge in [-0.1, -0.05) is 37.1 Å². The molecule has 1 atom stereocenters. The van der Waals surface area contributed by atoms with Crippen LogP contribution in [0.1, 0.15) is 42.2 Å². The highest BCUT2D eigenvalue weighted by atomic mass is 32.1. The van der Waals surface area contributed by atoms with Crippen molar-refractivity contribution < 1.29 is 9.53 Å². The van der Waals surface area contributed by atoms with Gasteiger partial charge >= 0.3 is 0 Å². The number of rotatable bonds is 6. The van der Waals surface area contributed by atoms with E-state index in [9.17, 15) is 4.79 Å². The minimum Gasteiger partial charge on any atom is -0.496 e. The Labute approximate surface area is 141 Å². The van der Waals surface area contributed by atoms with Gasteiger partial charge in [-0.2, -0.15) is 0 Å². The molecule has 1 amide bonds. The highest BCUT2D eigenvalue weighted by Crippen LogP contribution is 2.37. The van der Waals surface area contributed by atoms with Gasteiger partial charge in [-0.25, -0.2) is 0 Å². The highest BCUT2D eigenvalue weighted by Gasteiger charge is 2.28. The molecule has 1 N–H and O–H groups in total. The van der Waals surface area contributed by atoms with Crippen molar-refractivity contribution in [2.24, 2.45) is 5.92 Å². The van der Waals surface area contributed by atoms with Crippen LogP contribution in [-0.2, 0) is 11.2 Å². The molecule has 1 aliphatic carbocycles. The van der Waals surface area contributed by atoms with E-state index in [-0.39, 0.29) is 11.9 Å². The zero-order valence-electron chi connectivity index (χ0n) is 13.5. The molecule has 0 aliphatic heterocycles. The Morgan fingerprint density at radius 1 is 1.26 bits per heavy atom. The third kappa shape index (κ3) is 3.94. The van der Waals surface area contributed by atoms with Gasteiger partial charge in [0.05, 0.1) is 19.6 Å². The molecule has 1 fully saturated rings. The Morgan fingerprint density at radius 2 is 2.04 bits per heavy atom. The third-order valence-electron chi connectivity index (χ3n) is 4.58. The summed E-state index contributed by atoms with van der Waals surface area (Å²) in [6.45, 7) is 0. The molecule has 3 nitrogen and oxygen atoms in total. The topological polar surface area (TPSA) is 38.3 Å². The van der Waals surface area contributed by atoms with E-state index in [0.717, 1.165) is 11.3 Å². The maximum atomic E-state index is 12.6. The summed E-state index contributed by atoms with van der Waals surface area (Å²) in [7, 11) is 1.64. The number of benzene rings is 1. The second-order valence-corrected chi connectivity index (χ2v) is 7.07. The number of methoxy groups -OCH3 is 1. The van der Waals surface area contributed by atoms with Crippen LogP contribution in [-0.4, -0.2) is 13.0 Å². The number of para-hydroxylation sites is 1. The van der Waals surface area contributed by atoms with Gasteiger partial charge in [-0.15, -0.1) is 11.3 Å². The van der Waals surface area contributed by atoms with Gasteiger partial charge in [0.1, 0.15) is 5.75 Å². The van der Waals surface area contributed by atoms with E-state index in [2.05, 4.69) is 22.8 Å². The first-order valence-corrected chi connectivity index (χ1v) is 9.10. The fourth-order valence-corrected chi connectivity index (χ4v) is 4.30. The van der Waals surface area contributed by atoms with Crippen LogP contribution in [0.5, 0.6) is 5.75 Å². The van der Waals surface area contributed by atoms with Crippen molar-refractivity contribution in [2.75, 3.05) is 7.11 Å². The molecule has 2 aromatic rings. The molecule has 0 radical (unpaired) electrons. The Kier molecular flexibility index (Phi) is 5.34. The van der Waals surface area contributed by atoms with Gasteiger partial charge in [0.2, 0.25) is 5.91 Å². The van der Waals surface area contributed by atoms with E-state index in [1.807, 2.05) is 24.3 Å². The van der Waals surface area contributed by atoms with E-state index in [1.165, 1.54) is 30.6 Å². The van der Waals surface area contributed by atoms with Crippen molar-refractivity contribution in [1.82, 2.24) is 5.32 Å². The lowest BCUT2D eigenvalue weighted by Crippen LogP contribution is -2.33. The Morgan fingerprint density at radius 3 is 2.74 bits per heavy atom. The van der Waals surface area contributed by atoms with E-state index in [0.29, 0.717) is 12.3 Å². The number of ether oxygens (including phenoxy) is 1. The summed E-state index contributed by atoms with van der Waals surface area (Å²) in [6, 6.07) is 12.1. The SMILES string of the molecule is COc1ccccc1CC(=O)N[C@@H](c1cccs1)C1CCCC1. The van der Waals surface area contributed by atoms with Crippen LogP contribution in [0.25, 0.3) is 0 Å². The van der Waals surface area contributed by atoms with Crippen molar-refractivity contribution in [3.63, 3.8) is 0 Å². The van der Waals surface area contributed by atoms with Gasteiger partial charge in [0.25, 0.3) is 0 Å². The van der Waals surface area contributed by atoms with Crippen LogP contribution in [0.2, 0.25) is 0 Å². The first-order chi connectivity index (χ1) is 11.3. The van der Waals surface area contributed by atoms with Crippen molar-refractivity contribution in [3.05, 3.63) is 52.2 Å². The minimum absolute atomic E-state index is 0.0693. The summed E-state index contributed by atoms with van der Waals surface area (Å²) < 4.78 is 5.35. The number of carbonyl (C=O) groups excluding carboxylic acids is 1. The normalized spacial score (nSPS) is 16.2. The molecule has 4 heteroatoms. The standard InChI is InChI=1S/C19H23NO2S/c1-22-16-10-5-4-9-15(16)13-18(21)20-19(14-7-2-3-8-14)17-11-6-12-23-17/h4-6,9-12,14,19H,2-3,7-8,13H2,1H3,(H,20,21)/t19-/m1/s1. The number of carbonyl (C=O) groups is 1. The highest BCUT2D eigenvalue weighted by molar-refractivity contribution is 7.10. The van der Waals surface area contributed by atoms with Crippen LogP contribution in [0.3, 0.4) is 0 Å². The first-order valence-electron chi connectivity index (χ1n) is 8.22. The van der Waals surface area contributed by atoms with Gasteiger partial charge < -0.3 is 10.1 Å². The monoisotopic (exact) mass is 329 g/mol. The molecule has 1 saturated carbocycles. The lowest BCUT2D eigenvalue weighted by Gasteiger charge is -2.24. The van der Waals surface area contributed by atoms with E-state index in [4.69, 9.17) is 4.74 Å². The maximum absolute atomic E-state index is 12.6. The van der Waals surface area contributed by atoms with Gasteiger partial charge in [0, 0.05) is 10.4 Å². The largest absolute Gasteiger partial charge is 0.496 e. The average Bonchev–Trinajstić information content (AvgIpc) is 3.27. The predicted molar refractivity (Wildman–Crippen MR) is 93.9 cm³/mol. The Bertz CT molecular complexity index is 633. The van der Waals surface area contributed by atoms with E-state index < -0.39 is 0 Å². The summed E-state index contributed by atoms with van der Waals surface area (Å²) in [5.74, 6) is 1.41.